The Labute approximate surface area is 131 Å². The number of fused-ring (bicyclic) bond motifs is 2. The molecule has 2 bridgehead atoms. The zero-order valence-electron chi connectivity index (χ0n) is 12.2. The van der Waals surface area contributed by atoms with Gasteiger partial charge in [0.1, 0.15) is 0 Å². The van der Waals surface area contributed by atoms with E-state index in [0.717, 1.165) is 18.4 Å². The zero-order chi connectivity index (χ0) is 14.8. The van der Waals surface area contributed by atoms with Crippen LogP contribution in [0.4, 0.5) is 0 Å². The third-order valence-electron chi connectivity index (χ3n) is 4.98. The quantitative estimate of drug-likeness (QED) is 0.902. The summed E-state index contributed by atoms with van der Waals surface area (Å²) in [5.41, 5.74) is 7.14. The maximum absolute atomic E-state index is 12.3. The maximum Gasteiger partial charge on any atom is 0.224 e. The van der Waals surface area contributed by atoms with Gasteiger partial charge in [-0.25, -0.2) is 0 Å². The first-order valence-electron chi connectivity index (χ1n) is 7.91. The van der Waals surface area contributed by atoms with E-state index in [0.29, 0.717) is 35.4 Å². The van der Waals surface area contributed by atoms with Crippen LogP contribution in [0.3, 0.4) is 0 Å². The summed E-state index contributed by atoms with van der Waals surface area (Å²) in [5.74, 6) is 1.26. The number of carbonyl (C=O) groups is 1. The van der Waals surface area contributed by atoms with Crippen molar-refractivity contribution in [1.82, 2.24) is 5.32 Å². The van der Waals surface area contributed by atoms with Crippen molar-refractivity contribution in [3.8, 4) is 0 Å². The van der Waals surface area contributed by atoms with Crippen LogP contribution in [0.15, 0.2) is 24.3 Å². The van der Waals surface area contributed by atoms with E-state index in [1.807, 2.05) is 24.3 Å². The van der Waals surface area contributed by atoms with Crippen LogP contribution in [0.5, 0.6) is 0 Å². The number of hydrogen-bond donors (Lipinski definition) is 2. The molecule has 2 aliphatic carbocycles. The molecule has 3 rings (SSSR count). The molecule has 3 nitrogen and oxygen atoms in total. The van der Waals surface area contributed by atoms with Crippen LogP contribution < -0.4 is 11.1 Å². The average Bonchev–Trinajstić information content (AvgIpc) is 2.42. The van der Waals surface area contributed by atoms with Gasteiger partial charge in [-0.3, -0.25) is 4.79 Å². The maximum atomic E-state index is 12.3. The summed E-state index contributed by atoms with van der Waals surface area (Å²) in [6.07, 6.45) is 6.24. The highest BCUT2D eigenvalue weighted by Crippen LogP contribution is 2.39. The fourth-order valence-corrected chi connectivity index (χ4v) is 4.18. The van der Waals surface area contributed by atoms with Crippen LogP contribution in [0, 0.1) is 11.8 Å². The van der Waals surface area contributed by atoms with Gasteiger partial charge in [0.05, 0.1) is 6.42 Å². The molecule has 4 heteroatoms. The Kier molecular flexibility index (Phi) is 4.51. The lowest BCUT2D eigenvalue weighted by Crippen LogP contribution is -2.54. The number of hydrogen-bond acceptors (Lipinski definition) is 2. The summed E-state index contributed by atoms with van der Waals surface area (Å²) in [6, 6.07) is 8.15. The van der Waals surface area contributed by atoms with Crippen molar-refractivity contribution in [3.63, 3.8) is 0 Å². The molecule has 1 amide bonds. The van der Waals surface area contributed by atoms with Gasteiger partial charge in [-0.15, -0.1) is 0 Å². The van der Waals surface area contributed by atoms with Gasteiger partial charge < -0.3 is 11.1 Å². The second-order valence-corrected chi connectivity index (χ2v) is 7.02. The van der Waals surface area contributed by atoms with Gasteiger partial charge in [-0.1, -0.05) is 30.2 Å². The number of carbonyl (C=O) groups excluding carboxylic acids is 1. The second kappa shape index (κ2) is 6.37. The zero-order valence-corrected chi connectivity index (χ0v) is 13.0. The second-order valence-electron chi connectivity index (χ2n) is 6.58. The number of rotatable bonds is 3. The molecule has 0 aromatic heterocycles. The lowest BCUT2D eigenvalue weighted by molar-refractivity contribution is -0.122. The molecule has 2 unspecified atom stereocenters. The van der Waals surface area contributed by atoms with E-state index in [9.17, 15) is 4.79 Å². The number of nitrogens with one attached hydrogen (secondary N) is 1. The number of amides is 1. The number of benzene rings is 1. The van der Waals surface area contributed by atoms with Gasteiger partial charge in [0.15, 0.2) is 0 Å². The molecule has 21 heavy (non-hydrogen) atoms. The smallest absolute Gasteiger partial charge is 0.224 e. The standard InChI is InChI=1S/C17H23ClN2O/c18-14-6-4-11(5-7-14)8-16(21)20-17-12-2-1-3-13(17)10-15(19)9-12/h4-7,12-13,15,17H,1-3,8-10,19H2,(H,20,21). The minimum atomic E-state index is 0.120. The monoisotopic (exact) mass is 306 g/mol. The third-order valence-corrected chi connectivity index (χ3v) is 5.23. The van der Waals surface area contributed by atoms with E-state index in [1.165, 1.54) is 19.3 Å². The highest BCUT2D eigenvalue weighted by atomic mass is 35.5. The molecule has 0 heterocycles. The van der Waals surface area contributed by atoms with Crippen molar-refractivity contribution in [1.29, 1.82) is 0 Å². The largest absolute Gasteiger partial charge is 0.353 e. The van der Waals surface area contributed by atoms with Crippen molar-refractivity contribution in [3.05, 3.63) is 34.9 Å². The van der Waals surface area contributed by atoms with Crippen LogP contribution in [0.2, 0.25) is 5.02 Å². The van der Waals surface area contributed by atoms with Gasteiger partial charge >= 0.3 is 0 Å². The molecule has 0 aliphatic heterocycles. The summed E-state index contributed by atoms with van der Waals surface area (Å²) in [4.78, 5) is 12.3. The molecule has 114 valence electrons. The van der Waals surface area contributed by atoms with Crippen LogP contribution in [-0.2, 0) is 11.2 Å². The average molecular weight is 307 g/mol. The normalized spacial score (nSPS) is 31.7. The summed E-state index contributed by atoms with van der Waals surface area (Å²) in [6.45, 7) is 0. The van der Waals surface area contributed by atoms with Crippen molar-refractivity contribution in [2.45, 2.75) is 50.6 Å². The summed E-state index contributed by atoms with van der Waals surface area (Å²) < 4.78 is 0. The topological polar surface area (TPSA) is 55.1 Å². The minimum absolute atomic E-state index is 0.120. The minimum Gasteiger partial charge on any atom is -0.353 e. The Morgan fingerprint density at radius 1 is 1.19 bits per heavy atom. The molecule has 2 fully saturated rings. The molecule has 1 aromatic carbocycles. The van der Waals surface area contributed by atoms with Crippen molar-refractivity contribution < 1.29 is 4.79 Å². The van der Waals surface area contributed by atoms with Crippen LogP contribution in [0.25, 0.3) is 0 Å². The number of halogens is 1. The van der Waals surface area contributed by atoms with Gasteiger partial charge in [0.2, 0.25) is 5.91 Å². The predicted molar refractivity (Wildman–Crippen MR) is 85.1 cm³/mol. The molecule has 0 radical (unpaired) electrons. The van der Waals surface area contributed by atoms with Crippen LogP contribution >= 0.6 is 11.6 Å². The summed E-state index contributed by atoms with van der Waals surface area (Å²) >= 11 is 5.87. The van der Waals surface area contributed by atoms with Gasteiger partial charge in [0.25, 0.3) is 0 Å². The first-order valence-corrected chi connectivity index (χ1v) is 8.29. The SMILES string of the molecule is NC1CC2CCCC(C1)C2NC(=O)Cc1ccc(Cl)cc1. The first-order chi connectivity index (χ1) is 10.1. The van der Waals surface area contributed by atoms with E-state index in [-0.39, 0.29) is 5.91 Å². The van der Waals surface area contributed by atoms with Crippen LogP contribution in [-0.4, -0.2) is 18.0 Å². The Hall–Kier alpha value is -1.06. The molecule has 2 atom stereocenters. The molecule has 2 aliphatic rings. The third kappa shape index (κ3) is 3.58. The van der Waals surface area contributed by atoms with E-state index in [1.54, 1.807) is 0 Å². The van der Waals surface area contributed by atoms with Gasteiger partial charge in [-0.05, 0) is 55.2 Å². The molecule has 2 saturated carbocycles. The van der Waals surface area contributed by atoms with Crippen LogP contribution in [0.1, 0.15) is 37.7 Å². The highest BCUT2D eigenvalue weighted by Gasteiger charge is 2.39. The van der Waals surface area contributed by atoms with E-state index < -0.39 is 0 Å². The lowest BCUT2D eigenvalue weighted by atomic mass is 9.67. The summed E-state index contributed by atoms with van der Waals surface area (Å²) in [7, 11) is 0. The Bertz CT molecular complexity index is 488. The molecule has 1 aromatic rings. The van der Waals surface area contributed by atoms with Gasteiger partial charge in [-0.2, -0.15) is 0 Å². The highest BCUT2D eigenvalue weighted by molar-refractivity contribution is 6.30. The number of nitrogens with two attached hydrogens (primary N) is 1. The van der Waals surface area contributed by atoms with E-state index in [4.69, 9.17) is 17.3 Å². The fourth-order valence-electron chi connectivity index (χ4n) is 4.05. The molecule has 3 N–H and O–H groups in total. The lowest BCUT2D eigenvalue weighted by Gasteiger charge is -2.45. The Balaban J connectivity index is 1.60. The molecular weight excluding hydrogens is 284 g/mol. The van der Waals surface area contributed by atoms with Gasteiger partial charge in [0, 0.05) is 17.1 Å². The first kappa shape index (κ1) is 14.9. The Morgan fingerprint density at radius 3 is 2.43 bits per heavy atom. The Morgan fingerprint density at radius 2 is 1.81 bits per heavy atom. The van der Waals surface area contributed by atoms with Crippen molar-refractivity contribution in [2.75, 3.05) is 0 Å². The molecular formula is C17H23ClN2O. The van der Waals surface area contributed by atoms with E-state index in [2.05, 4.69) is 5.32 Å². The predicted octanol–water partition coefficient (Wildman–Crippen LogP) is 2.90. The van der Waals surface area contributed by atoms with Crippen molar-refractivity contribution >= 4 is 17.5 Å². The molecule has 0 spiro atoms. The van der Waals surface area contributed by atoms with Crippen molar-refractivity contribution in [2.24, 2.45) is 17.6 Å². The van der Waals surface area contributed by atoms with E-state index >= 15 is 0 Å². The fraction of sp³-hybridized carbons (Fsp3) is 0.588. The molecule has 0 saturated heterocycles. The summed E-state index contributed by atoms with van der Waals surface area (Å²) in [5, 5.41) is 3.98.